The van der Waals surface area contributed by atoms with Crippen LogP contribution < -0.4 is 5.32 Å². The number of allylic oxidation sites excluding steroid dienone is 1. The first-order valence-corrected chi connectivity index (χ1v) is 15.5. The number of hydrogen-bond acceptors (Lipinski definition) is 8. The molecule has 8 nitrogen and oxygen atoms in total. The Kier molecular flexibility index (Phi) is 10.9. The summed E-state index contributed by atoms with van der Waals surface area (Å²) in [5.41, 5.74) is 4.93. The minimum Gasteiger partial charge on any atom is -0.459 e. The van der Waals surface area contributed by atoms with Crippen molar-refractivity contribution < 1.29 is 28.8 Å². The van der Waals surface area contributed by atoms with Crippen LogP contribution in [-0.4, -0.2) is 61.9 Å². The van der Waals surface area contributed by atoms with Gasteiger partial charge in [0.05, 0.1) is 36.6 Å². The summed E-state index contributed by atoms with van der Waals surface area (Å²) in [6, 6.07) is 24.0. The molecule has 3 atom stereocenters. The molecule has 0 saturated heterocycles. The van der Waals surface area contributed by atoms with Gasteiger partial charge in [-0.15, -0.1) is 11.3 Å². The van der Waals surface area contributed by atoms with E-state index >= 15 is 0 Å². The largest absolute Gasteiger partial charge is 0.459 e. The van der Waals surface area contributed by atoms with Crippen LogP contribution in [0.4, 0.5) is 5.69 Å². The molecule has 0 bridgehead atoms. The third-order valence-corrected chi connectivity index (χ3v) is 8.33. The van der Waals surface area contributed by atoms with Crippen molar-refractivity contribution in [3.8, 4) is 10.6 Å². The number of nitrogens with one attached hydrogen (secondary N) is 1. The quantitative estimate of drug-likeness (QED) is 0.163. The van der Waals surface area contributed by atoms with Gasteiger partial charge in [-0.25, -0.2) is 4.98 Å². The van der Waals surface area contributed by atoms with Crippen LogP contribution in [0.15, 0.2) is 84.6 Å². The normalized spacial score (nSPS) is 18.3. The average Bonchev–Trinajstić information content (AvgIpc) is 3.45. The summed E-state index contributed by atoms with van der Waals surface area (Å²) in [6.45, 7) is 6.07. The van der Waals surface area contributed by atoms with Crippen molar-refractivity contribution in [3.05, 3.63) is 95.8 Å². The van der Waals surface area contributed by atoms with Crippen LogP contribution in [0.2, 0.25) is 0 Å². The van der Waals surface area contributed by atoms with Crippen molar-refractivity contribution >= 4 is 33.1 Å². The van der Waals surface area contributed by atoms with E-state index in [-0.39, 0.29) is 30.1 Å². The molecule has 0 radical (unpaired) electrons. The molecule has 3 aromatic carbocycles. The van der Waals surface area contributed by atoms with Crippen LogP contribution in [0.3, 0.4) is 0 Å². The highest BCUT2D eigenvalue weighted by atomic mass is 32.1. The van der Waals surface area contributed by atoms with E-state index in [0.717, 1.165) is 26.4 Å². The molecule has 1 aliphatic rings. The van der Waals surface area contributed by atoms with E-state index in [1.165, 1.54) is 5.56 Å². The molecular weight excluding hydrogens is 564 g/mol. The van der Waals surface area contributed by atoms with Crippen molar-refractivity contribution in [3.63, 3.8) is 0 Å². The highest BCUT2D eigenvalue weighted by Crippen LogP contribution is 2.39. The summed E-state index contributed by atoms with van der Waals surface area (Å²) in [4.78, 5) is 18.2. The molecule has 43 heavy (non-hydrogen) atoms. The fourth-order valence-electron chi connectivity index (χ4n) is 5.14. The molecule has 2 heterocycles. The summed E-state index contributed by atoms with van der Waals surface area (Å²) in [5.74, 6) is -0.266. The first kappa shape index (κ1) is 30.8. The smallest absolute Gasteiger partial charge is 0.290 e. The number of aliphatic hydroxyl groups is 1. The molecule has 5 rings (SSSR count). The average molecular weight is 603 g/mol. The summed E-state index contributed by atoms with van der Waals surface area (Å²) in [6.07, 6.45) is 1.95. The number of rotatable bonds is 14. The van der Waals surface area contributed by atoms with Gasteiger partial charge in [0.2, 0.25) is 6.29 Å². The number of aromatic nitrogens is 1. The van der Waals surface area contributed by atoms with Crippen LogP contribution in [0, 0.1) is 12.8 Å². The van der Waals surface area contributed by atoms with Gasteiger partial charge < -0.3 is 29.4 Å². The van der Waals surface area contributed by atoms with E-state index in [0.29, 0.717) is 45.1 Å². The molecule has 226 valence electrons. The predicted octanol–water partition coefficient (Wildman–Crippen LogP) is 6.30. The third kappa shape index (κ3) is 8.07. The highest BCUT2D eigenvalue weighted by molar-refractivity contribution is 7.21. The Morgan fingerprint density at radius 3 is 2.51 bits per heavy atom. The first-order chi connectivity index (χ1) is 21.1. The van der Waals surface area contributed by atoms with Gasteiger partial charge in [-0.05, 0) is 73.9 Å². The number of fused-ring (bicyclic) bond motifs is 1. The van der Waals surface area contributed by atoms with Crippen molar-refractivity contribution in [2.24, 2.45) is 5.92 Å². The van der Waals surface area contributed by atoms with Crippen molar-refractivity contribution in [1.82, 2.24) is 4.98 Å². The summed E-state index contributed by atoms with van der Waals surface area (Å²) in [5, 5.41) is 12.8. The molecule has 9 heteroatoms. The van der Waals surface area contributed by atoms with Crippen LogP contribution in [0.5, 0.6) is 0 Å². The molecule has 1 amide bonds. The zero-order valence-corrected chi connectivity index (χ0v) is 25.3. The minimum absolute atomic E-state index is 0.00825. The third-order valence-electron chi connectivity index (χ3n) is 7.26. The second-order valence-electron chi connectivity index (χ2n) is 10.3. The lowest BCUT2D eigenvalue weighted by atomic mass is 9.81. The summed E-state index contributed by atoms with van der Waals surface area (Å²) in [7, 11) is 0. The Labute approximate surface area is 256 Å². The van der Waals surface area contributed by atoms with Crippen LogP contribution in [0.25, 0.3) is 20.8 Å². The Morgan fingerprint density at radius 1 is 1.00 bits per heavy atom. The SMILES string of the molecule is CCO[C@H]1OC(C(=O)Nc2ccc(-c3nc4ccc(C)cc4s3)cc2)=C[C@@H](c2ccccc2)[C@@H]1CCOCCOCCO. The first-order valence-electron chi connectivity index (χ1n) is 14.7. The summed E-state index contributed by atoms with van der Waals surface area (Å²) < 4.78 is 24.4. The number of aryl methyl sites for hydroxylation is 1. The van der Waals surface area contributed by atoms with Gasteiger partial charge in [0, 0.05) is 36.3 Å². The van der Waals surface area contributed by atoms with E-state index in [1.54, 1.807) is 11.3 Å². The van der Waals surface area contributed by atoms with E-state index in [4.69, 9.17) is 29.0 Å². The number of amides is 1. The van der Waals surface area contributed by atoms with Gasteiger partial charge >= 0.3 is 0 Å². The lowest BCUT2D eigenvalue weighted by Gasteiger charge is -2.37. The minimum atomic E-state index is -0.611. The Morgan fingerprint density at radius 2 is 1.77 bits per heavy atom. The second-order valence-corrected chi connectivity index (χ2v) is 11.4. The van der Waals surface area contributed by atoms with E-state index in [1.807, 2.05) is 61.5 Å². The molecule has 0 aliphatic carbocycles. The zero-order valence-electron chi connectivity index (χ0n) is 24.5. The number of benzene rings is 3. The number of carbonyl (C=O) groups is 1. The van der Waals surface area contributed by atoms with E-state index in [9.17, 15) is 4.79 Å². The van der Waals surface area contributed by atoms with Gasteiger partial charge in [0.1, 0.15) is 5.01 Å². The monoisotopic (exact) mass is 602 g/mol. The lowest BCUT2D eigenvalue weighted by Crippen LogP contribution is -2.38. The van der Waals surface area contributed by atoms with Gasteiger partial charge in [0.15, 0.2) is 5.76 Å². The second kappa shape index (κ2) is 15.2. The molecule has 0 fully saturated rings. The topological polar surface area (TPSA) is 99.1 Å². The van der Waals surface area contributed by atoms with Crippen molar-refractivity contribution in [2.75, 3.05) is 45.0 Å². The van der Waals surface area contributed by atoms with Crippen LogP contribution in [-0.2, 0) is 23.7 Å². The number of thiazole rings is 1. The number of aliphatic hydroxyl groups excluding tert-OH is 1. The van der Waals surface area contributed by atoms with Gasteiger partial charge in [-0.2, -0.15) is 0 Å². The molecule has 1 aromatic heterocycles. The molecule has 0 unspecified atom stereocenters. The molecule has 2 N–H and O–H groups in total. The maximum atomic E-state index is 13.5. The Bertz CT molecular complexity index is 1500. The van der Waals surface area contributed by atoms with E-state index < -0.39 is 6.29 Å². The number of ether oxygens (including phenoxy) is 4. The molecule has 0 spiro atoms. The predicted molar refractivity (Wildman–Crippen MR) is 169 cm³/mol. The fraction of sp³-hybridized carbons (Fsp3) is 0.353. The fourth-order valence-corrected chi connectivity index (χ4v) is 6.21. The number of anilines is 1. The molecule has 4 aromatic rings. The lowest BCUT2D eigenvalue weighted by molar-refractivity contribution is -0.166. The highest BCUT2D eigenvalue weighted by Gasteiger charge is 2.38. The van der Waals surface area contributed by atoms with Gasteiger partial charge in [-0.3, -0.25) is 4.79 Å². The number of carbonyl (C=O) groups excluding carboxylic acids is 1. The Balaban J connectivity index is 1.29. The maximum Gasteiger partial charge on any atom is 0.290 e. The Hall–Kier alpha value is -3.60. The van der Waals surface area contributed by atoms with Crippen LogP contribution >= 0.6 is 11.3 Å². The maximum absolute atomic E-state index is 13.5. The zero-order chi connectivity index (χ0) is 30.0. The summed E-state index contributed by atoms with van der Waals surface area (Å²) >= 11 is 1.66. The number of nitrogens with zero attached hydrogens (tertiary/aromatic N) is 1. The molecular formula is C34H38N2O6S. The standard InChI is InChI=1S/C34H38N2O6S/c1-3-41-34-27(15-17-39-19-20-40-18-16-37)28(24-7-5-4-6-8-24)22-30(42-34)32(38)35-26-12-10-25(11-13-26)33-36-29-14-9-23(2)21-31(29)43-33/h4-14,21-22,27-28,34,37H,3,15-20H2,1-2H3,(H,35,38)/t27-,28-,34-/m0/s1. The number of hydrogen-bond donors (Lipinski definition) is 2. The van der Waals surface area contributed by atoms with Gasteiger partial charge in [0.25, 0.3) is 5.91 Å². The van der Waals surface area contributed by atoms with Crippen molar-refractivity contribution in [1.29, 1.82) is 0 Å². The molecule has 1 aliphatic heterocycles. The van der Waals surface area contributed by atoms with Crippen LogP contribution in [0.1, 0.15) is 30.4 Å². The van der Waals surface area contributed by atoms with Gasteiger partial charge in [-0.1, -0.05) is 36.4 Å². The van der Waals surface area contributed by atoms with E-state index in [2.05, 4.69) is 36.5 Å². The molecule has 0 saturated carbocycles. The van der Waals surface area contributed by atoms with Crippen molar-refractivity contribution in [2.45, 2.75) is 32.5 Å².